The maximum absolute atomic E-state index is 2.68. The molecule has 10 heteroatoms. The molecule has 0 spiro atoms. The number of fused-ring (bicyclic) bond motifs is 20. The molecule has 0 radical (unpaired) electrons. The fourth-order valence-electron chi connectivity index (χ4n) is 15.2. The topological polar surface area (TPSA) is 13.0 Å². The molecule has 0 unspecified atom stereocenters. The van der Waals surface area contributed by atoms with Crippen LogP contribution in [-0.2, 0) is 0 Å². The summed E-state index contributed by atoms with van der Waals surface area (Å²) in [6.07, 6.45) is 0. The van der Waals surface area contributed by atoms with Crippen LogP contribution in [0.1, 0.15) is 0 Å². The molecule has 4 nitrogen and oxygen atoms in total. The molecule has 0 aliphatic carbocycles. The van der Waals surface area contributed by atoms with Crippen LogP contribution < -0.4 is 85.2 Å². The average molecular weight is 994 g/mol. The van der Waals surface area contributed by atoms with E-state index in [1.54, 1.807) is 0 Å². The molecule has 76 heavy (non-hydrogen) atoms. The summed E-state index contributed by atoms with van der Waals surface area (Å²) in [5.41, 5.74) is 31.8. The number of benzene rings is 11. The third-order valence-corrected chi connectivity index (χ3v) is 20.1. The summed E-state index contributed by atoms with van der Waals surface area (Å²) < 4.78 is 0. The molecular weight excluding hydrogens is 956 g/mol. The highest BCUT2D eigenvalue weighted by Crippen LogP contribution is 2.51. The molecule has 8 aliphatic heterocycles. The Morgan fingerprint density at radius 3 is 0.855 bits per heavy atom. The van der Waals surface area contributed by atoms with E-state index in [0.29, 0.717) is 0 Å². The van der Waals surface area contributed by atoms with Crippen LogP contribution in [0.15, 0.2) is 250 Å². The zero-order chi connectivity index (χ0) is 49.1. The lowest BCUT2D eigenvalue weighted by Crippen LogP contribution is -2.69. The molecule has 0 saturated carbocycles. The second kappa shape index (κ2) is 14.7. The van der Waals surface area contributed by atoms with Gasteiger partial charge in [0, 0.05) is 87.8 Å². The predicted molar refractivity (Wildman–Crippen MR) is 325 cm³/mol. The van der Waals surface area contributed by atoms with E-state index in [1.165, 1.54) is 153 Å². The maximum atomic E-state index is 2.68. The van der Waals surface area contributed by atoms with Gasteiger partial charge in [0.1, 0.15) is 0 Å². The van der Waals surface area contributed by atoms with Gasteiger partial charge >= 0.3 is 0 Å². The Bertz CT molecular complexity index is 4160. The van der Waals surface area contributed by atoms with Gasteiger partial charge in [0.2, 0.25) is 13.4 Å². The molecule has 0 atom stereocenters. The van der Waals surface area contributed by atoms with E-state index in [1.807, 2.05) is 23.5 Å². The molecule has 8 aliphatic rings. The predicted octanol–water partition coefficient (Wildman–Crippen LogP) is 8.44. The Balaban J connectivity index is 0.881. The van der Waals surface area contributed by atoms with Crippen molar-refractivity contribution in [1.29, 1.82) is 0 Å². The van der Waals surface area contributed by atoms with Gasteiger partial charge in [-0.2, -0.15) is 0 Å². The van der Waals surface area contributed by atoms with E-state index in [-0.39, 0.29) is 26.9 Å². The Kier molecular flexibility index (Phi) is 7.91. The second-order valence-electron chi connectivity index (χ2n) is 21.4. The van der Waals surface area contributed by atoms with Gasteiger partial charge in [0.15, 0.2) is 0 Å². The molecule has 11 aromatic carbocycles. The lowest BCUT2D eigenvalue weighted by Gasteiger charge is -2.50. The molecule has 0 bridgehead atoms. The average Bonchev–Trinajstić information content (AvgIpc) is 3.67. The Hall–Kier alpha value is -8.42. The molecule has 0 amide bonds. The monoisotopic (exact) mass is 994 g/mol. The Morgan fingerprint density at radius 2 is 0.513 bits per heavy atom. The summed E-state index contributed by atoms with van der Waals surface area (Å²) in [5.74, 6) is 0. The van der Waals surface area contributed by atoms with E-state index in [4.69, 9.17) is 0 Å². The second-order valence-corrected chi connectivity index (χ2v) is 23.5. The lowest BCUT2D eigenvalue weighted by atomic mass is 9.28. The Morgan fingerprint density at radius 1 is 0.224 bits per heavy atom. The number of rotatable bonds is 2. The van der Waals surface area contributed by atoms with Crippen molar-refractivity contribution < 1.29 is 0 Å². The molecule has 8 heterocycles. The molecule has 0 aromatic heterocycles. The fourth-order valence-corrected chi connectivity index (χ4v) is 17.7. The first kappa shape index (κ1) is 40.9. The quantitative estimate of drug-likeness (QED) is 0.160. The van der Waals surface area contributed by atoms with E-state index in [9.17, 15) is 0 Å². The third kappa shape index (κ3) is 5.01. The summed E-state index contributed by atoms with van der Waals surface area (Å²) in [4.78, 5) is 15.8. The number of hydrogen-bond donors (Lipinski definition) is 0. The zero-order valence-corrected chi connectivity index (χ0v) is 42.5. The first-order valence-electron chi connectivity index (χ1n) is 26.6. The normalized spacial score (nSPS) is 15.1. The van der Waals surface area contributed by atoms with Crippen LogP contribution in [0.2, 0.25) is 0 Å². The van der Waals surface area contributed by atoms with Crippen LogP contribution in [0.5, 0.6) is 0 Å². The maximum Gasteiger partial charge on any atom is 0.252 e. The molecule has 0 N–H and O–H groups in total. The Labute approximate surface area is 451 Å². The van der Waals surface area contributed by atoms with Crippen molar-refractivity contribution in [2.45, 2.75) is 19.6 Å². The van der Waals surface area contributed by atoms with Gasteiger partial charge in [-0.15, -0.1) is 0 Å². The first-order chi connectivity index (χ1) is 37.8. The van der Waals surface area contributed by atoms with Gasteiger partial charge in [-0.1, -0.05) is 186 Å². The molecule has 11 aromatic rings. The van der Waals surface area contributed by atoms with Crippen molar-refractivity contribution in [1.82, 2.24) is 0 Å². The molecular formula is C66H38B4N4S2. The van der Waals surface area contributed by atoms with Gasteiger partial charge in [-0.05, 0) is 133 Å². The first-order valence-corrected chi connectivity index (χ1v) is 28.2. The summed E-state index contributed by atoms with van der Waals surface area (Å²) in [6.45, 7) is 0.230. The van der Waals surface area contributed by atoms with Gasteiger partial charge in [-0.25, -0.2) is 0 Å². The molecule has 0 fully saturated rings. The van der Waals surface area contributed by atoms with E-state index in [2.05, 4.69) is 250 Å². The highest BCUT2D eigenvalue weighted by Gasteiger charge is 2.53. The van der Waals surface area contributed by atoms with E-state index >= 15 is 0 Å². The number of anilines is 12. The largest absolute Gasteiger partial charge is 0.312 e. The van der Waals surface area contributed by atoms with Gasteiger partial charge in [-0.3, -0.25) is 0 Å². The highest BCUT2D eigenvalue weighted by molar-refractivity contribution is 8.01. The SMILES string of the molecule is c1ccc(N2c3ccccc3B3c4ccccc4N4c5ccccc5B5c6cc7c(cc6Sc6cc2c3c4c65)Sc2cc3c4c5c2B7c2ccccc2N5c2ccccc2B4c2ccccc2N3c2ccccc2)cc1. The van der Waals surface area contributed by atoms with Crippen LogP contribution in [0.4, 0.5) is 68.2 Å². The van der Waals surface area contributed by atoms with Crippen molar-refractivity contribution in [3.8, 4) is 0 Å². The standard InChI is InChI=1S/C66H38B4N4S2/c1-3-19-39(20-4-1)71-49-29-13-7-23-41(49)67-43-25-9-15-31-51(43)73-53-33-17-11-27-45(53)69-47-35-48-58(38-57(47)75-59-36-55(71)61(67)65(73)63(59)69)76-60-37-56-62-66-64(60)70(48)46-28-12-18-34-54(46)74(66)52-32-16-10-26-44(52)68(62)42-24-8-14-30-50(42)72(56)40-21-5-2-6-22-40/h1-38H. The van der Waals surface area contributed by atoms with E-state index in [0.717, 1.165) is 0 Å². The van der Waals surface area contributed by atoms with Gasteiger partial charge in [0.25, 0.3) is 13.4 Å². The summed E-state index contributed by atoms with van der Waals surface area (Å²) in [5, 5.41) is 0. The van der Waals surface area contributed by atoms with E-state index < -0.39 is 0 Å². The summed E-state index contributed by atoms with van der Waals surface area (Å²) in [7, 11) is 0. The highest BCUT2D eigenvalue weighted by atomic mass is 32.2. The van der Waals surface area contributed by atoms with Crippen molar-refractivity contribution in [2.75, 3.05) is 19.6 Å². The summed E-state index contributed by atoms with van der Waals surface area (Å²) >= 11 is 3.96. The minimum absolute atomic E-state index is 0.0355. The van der Waals surface area contributed by atoms with Crippen LogP contribution >= 0.6 is 23.5 Å². The zero-order valence-electron chi connectivity index (χ0n) is 40.9. The fraction of sp³-hybridized carbons (Fsp3) is 0. The van der Waals surface area contributed by atoms with Crippen molar-refractivity contribution in [2.24, 2.45) is 0 Å². The molecule has 19 rings (SSSR count). The van der Waals surface area contributed by atoms with Crippen LogP contribution in [0, 0.1) is 0 Å². The van der Waals surface area contributed by atoms with Crippen molar-refractivity contribution in [3.63, 3.8) is 0 Å². The van der Waals surface area contributed by atoms with Crippen LogP contribution in [-0.4, -0.2) is 26.9 Å². The van der Waals surface area contributed by atoms with Crippen LogP contribution in [0.25, 0.3) is 0 Å². The number of para-hydroxylation sites is 8. The minimum atomic E-state index is 0.0355. The van der Waals surface area contributed by atoms with Crippen LogP contribution in [0.3, 0.4) is 0 Å². The summed E-state index contributed by atoms with van der Waals surface area (Å²) in [6, 6.07) is 87.9. The molecule has 346 valence electrons. The third-order valence-electron chi connectivity index (χ3n) is 17.9. The number of nitrogens with zero attached hydrogens (tertiary/aromatic N) is 4. The minimum Gasteiger partial charge on any atom is -0.312 e. The van der Waals surface area contributed by atoms with Crippen molar-refractivity contribution in [3.05, 3.63) is 231 Å². The number of hydrogen-bond acceptors (Lipinski definition) is 6. The molecule has 0 saturated heterocycles. The lowest BCUT2D eigenvalue weighted by molar-refractivity contribution is 1.23. The van der Waals surface area contributed by atoms with Gasteiger partial charge in [0.05, 0.1) is 0 Å². The van der Waals surface area contributed by atoms with Gasteiger partial charge < -0.3 is 19.6 Å². The van der Waals surface area contributed by atoms with Crippen molar-refractivity contribution >= 4 is 184 Å². The smallest absolute Gasteiger partial charge is 0.252 e.